The van der Waals surface area contributed by atoms with Crippen LogP contribution in [0.2, 0.25) is 0 Å². The monoisotopic (exact) mass is 282 g/mol. The number of anilines is 1. The molecule has 0 unspecified atom stereocenters. The summed E-state index contributed by atoms with van der Waals surface area (Å²) in [5.41, 5.74) is 4.90. The predicted molar refractivity (Wildman–Crippen MR) is 75.7 cm³/mol. The van der Waals surface area contributed by atoms with Crippen LogP contribution in [0, 0.1) is 20.2 Å². The van der Waals surface area contributed by atoms with Crippen LogP contribution in [0.5, 0.6) is 0 Å². The Labute approximate surface area is 116 Å². The zero-order valence-electron chi connectivity index (χ0n) is 11.5. The topological polar surface area (TPSA) is 124 Å². The molecule has 0 atom stereocenters. The second kappa shape index (κ2) is 6.29. The molecule has 0 heterocycles. The molecular weight excluding hydrogens is 264 g/mol. The minimum atomic E-state index is -0.660. The highest BCUT2D eigenvalue weighted by atomic mass is 16.6. The molecule has 0 saturated heterocycles. The molecule has 1 rings (SSSR count). The standard InChI is InChI=1S/C12H18N4O4/c1-3-12(4-2,8-13)14-10-6-5-9(15(17)18)7-11(10)16(19)20/h5-7,14H,3-4,8,13H2,1-2H3. The first-order chi connectivity index (χ1) is 9.39. The lowest BCUT2D eigenvalue weighted by Gasteiger charge is -2.32. The van der Waals surface area contributed by atoms with Gasteiger partial charge >= 0.3 is 0 Å². The predicted octanol–water partition coefficient (Wildman–Crippen LogP) is 2.43. The van der Waals surface area contributed by atoms with Crippen LogP contribution in [0.25, 0.3) is 0 Å². The maximum absolute atomic E-state index is 11.1. The van der Waals surface area contributed by atoms with Gasteiger partial charge in [0.2, 0.25) is 0 Å². The van der Waals surface area contributed by atoms with Crippen LogP contribution < -0.4 is 11.1 Å². The molecule has 8 heteroatoms. The van der Waals surface area contributed by atoms with Crippen molar-refractivity contribution in [3.05, 3.63) is 38.4 Å². The molecule has 0 radical (unpaired) electrons. The summed E-state index contributed by atoms with van der Waals surface area (Å²) in [4.78, 5) is 20.4. The van der Waals surface area contributed by atoms with Crippen LogP contribution >= 0.6 is 0 Å². The Bertz CT molecular complexity index is 506. The smallest absolute Gasteiger partial charge is 0.299 e. The van der Waals surface area contributed by atoms with E-state index in [1.165, 1.54) is 12.1 Å². The van der Waals surface area contributed by atoms with Crippen molar-refractivity contribution in [1.29, 1.82) is 0 Å². The zero-order valence-corrected chi connectivity index (χ0v) is 11.5. The summed E-state index contributed by atoms with van der Waals surface area (Å²) in [5, 5.41) is 24.8. The van der Waals surface area contributed by atoms with E-state index in [0.29, 0.717) is 19.4 Å². The average Bonchev–Trinajstić information content (AvgIpc) is 2.44. The molecule has 8 nitrogen and oxygen atoms in total. The summed E-state index contributed by atoms with van der Waals surface area (Å²) in [6.45, 7) is 4.18. The number of nitrogens with two attached hydrogens (primary N) is 1. The molecule has 0 spiro atoms. The molecule has 1 aromatic carbocycles. The number of rotatable bonds is 7. The highest BCUT2D eigenvalue weighted by Crippen LogP contribution is 2.32. The largest absolute Gasteiger partial charge is 0.373 e. The maximum Gasteiger partial charge on any atom is 0.299 e. The molecule has 0 aliphatic carbocycles. The van der Waals surface area contributed by atoms with Crippen LogP contribution in [0.3, 0.4) is 0 Å². The number of nitro groups is 2. The number of hydrogen-bond acceptors (Lipinski definition) is 6. The Balaban J connectivity index is 3.24. The molecular formula is C12H18N4O4. The SMILES string of the molecule is CCC(CC)(CN)Nc1ccc([N+](=O)[O-])cc1[N+](=O)[O-]. The second-order valence-corrected chi connectivity index (χ2v) is 4.53. The molecule has 0 aromatic heterocycles. The summed E-state index contributed by atoms with van der Waals surface area (Å²) in [6, 6.07) is 3.54. The van der Waals surface area contributed by atoms with E-state index in [4.69, 9.17) is 5.73 Å². The summed E-state index contributed by atoms with van der Waals surface area (Å²) in [5.74, 6) is 0. The molecule has 20 heavy (non-hydrogen) atoms. The fourth-order valence-electron chi connectivity index (χ4n) is 1.94. The lowest BCUT2D eigenvalue weighted by atomic mass is 9.92. The molecule has 0 fully saturated rings. The van der Waals surface area contributed by atoms with Gasteiger partial charge in [-0.3, -0.25) is 20.2 Å². The minimum Gasteiger partial charge on any atom is -0.373 e. The van der Waals surface area contributed by atoms with Crippen LogP contribution in [0.15, 0.2) is 18.2 Å². The van der Waals surface area contributed by atoms with E-state index in [0.717, 1.165) is 6.07 Å². The maximum atomic E-state index is 11.1. The van der Waals surface area contributed by atoms with Crippen molar-refractivity contribution in [2.24, 2.45) is 5.73 Å². The van der Waals surface area contributed by atoms with Gasteiger partial charge in [0.15, 0.2) is 0 Å². The van der Waals surface area contributed by atoms with Crippen LogP contribution in [-0.2, 0) is 0 Å². The van der Waals surface area contributed by atoms with E-state index in [1.54, 1.807) is 0 Å². The van der Waals surface area contributed by atoms with Crippen LogP contribution in [0.1, 0.15) is 26.7 Å². The van der Waals surface area contributed by atoms with Gasteiger partial charge in [0, 0.05) is 18.2 Å². The van der Waals surface area contributed by atoms with Crippen molar-refractivity contribution in [2.75, 3.05) is 11.9 Å². The van der Waals surface area contributed by atoms with E-state index in [1.807, 2.05) is 13.8 Å². The Kier molecular flexibility index (Phi) is 4.98. The highest BCUT2D eigenvalue weighted by Gasteiger charge is 2.28. The number of non-ortho nitro benzene ring substituents is 1. The van der Waals surface area contributed by atoms with Crippen molar-refractivity contribution < 1.29 is 9.85 Å². The Morgan fingerprint density at radius 3 is 2.20 bits per heavy atom. The van der Waals surface area contributed by atoms with Gasteiger partial charge in [0.1, 0.15) is 5.69 Å². The fraction of sp³-hybridized carbons (Fsp3) is 0.500. The van der Waals surface area contributed by atoms with Gasteiger partial charge in [-0.05, 0) is 18.9 Å². The van der Waals surface area contributed by atoms with E-state index in [-0.39, 0.29) is 17.1 Å². The first kappa shape index (κ1) is 15.8. The zero-order chi connectivity index (χ0) is 15.3. The van der Waals surface area contributed by atoms with Crippen molar-refractivity contribution >= 4 is 17.1 Å². The van der Waals surface area contributed by atoms with Crippen molar-refractivity contribution in [3.63, 3.8) is 0 Å². The van der Waals surface area contributed by atoms with Gasteiger partial charge in [-0.25, -0.2) is 0 Å². The number of nitrogens with zero attached hydrogens (tertiary/aromatic N) is 2. The molecule has 0 bridgehead atoms. The molecule has 3 N–H and O–H groups in total. The lowest BCUT2D eigenvalue weighted by Crippen LogP contribution is -2.44. The van der Waals surface area contributed by atoms with Gasteiger partial charge in [-0.1, -0.05) is 13.8 Å². The van der Waals surface area contributed by atoms with Crippen molar-refractivity contribution in [1.82, 2.24) is 0 Å². The normalized spacial score (nSPS) is 11.2. The summed E-state index contributed by atoms with van der Waals surface area (Å²) >= 11 is 0. The van der Waals surface area contributed by atoms with Gasteiger partial charge in [0.25, 0.3) is 11.4 Å². The molecule has 0 saturated carbocycles. The fourth-order valence-corrected chi connectivity index (χ4v) is 1.94. The summed E-state index contributed by atoms with van der Waals surface area (Å²) < 4.78 is 0. The average molecular weight is 282 g/mol. The van der Waals surface area contributed by atoms with Gasteiger partial charge in [-0.2, -0.15) is 0 Å². The highest BCUT2D eigenvalue weighted by molar-refractivity contribution is 5.66. The third-order valence-corrected chi connectivity index (χ3v) is 3.53. The summed E-state index contributed by atoms with van der Waals surface area (Å²) in [7, 11) is 0. The van der Waals surface area contributed by atoms with Gasteiger partial charge < -0.3 is 11.1 Å². The first-order valence-electron chi connectivity index (χ1n) is 6.30. The Morgan fingerprint density at radius 1 is 1.20 bits per heavy atom. The van der Waals surface area contributed by atoms with E-state index in [9.17, 15) is 20.2 Å². The van der Waals surface area contributed by atoms with Crippen LogP contribution in [0.4, 0.5) is 17.1 Å². The lowest BCUT2D eigenvalue weighted by molar-refractivity contribution is -0.393. The molecule has 110 valence electrons. The van der Waals surface area contributed by atoms with Crippen molar-refractivity contribution in [2.45, 2.75) is 32.2 Å². The Hall–Kier alpha value is -2.22. The van der Waals surface area contributed by atoms with E-state index < -0.39 is 15.4 Å². The molecule has 1 aromatic rings. The van der Waals surface area contributed by atoms with Gasteiger partial charge in [-0.15, -0.1) is 0 Å². The third-order valence-electron chi connectivity index (χ3n) is 3.53. The second-order valence-electron chi connectivity index (χ2n) is 4.53. The molecule has 0 amide bonds. The number of hydrogen-bond donors (Lipinski definition) is 2. The number of nitro benzene ring substituents is 2. The quantitative estimate of drug-likeness (QED) is 0.584. The third kappa shape index (κ3) is 3.21. The first-order valence-corrected chi connectivity index (χ1v) is 6.30. The minimum absolute atomic E-state index is 0.245. The van der Waals surface area contributed by atoms with Gasteiger partial charge in [0.05, 0.1) is 15.9 Å². The molecule has 0 aliphatic rings. The van der Waals surface area contributed by atoms with E-state index >= 15 is 0 Å². The summed E-state index contributed by atoms with van der Waals surface area (Å²) in [6.07, 6.45) is 1.38. The molecule has 0 aliphatic heterocycles. The number of benzene rings is 1. The van der Waals surface area contributed by atoms with E-state index in [2.05, 4.69) is 5.32 Å². The number of nitrogens with one attached hydrogen (secondary N) is 1. The van der Waals surface area contributed by atoms with Crippen molar-refractivity contribution in [3.8, 4) is 0 Å². The van der Waals surface area contributed by atoms with Crippen LogP contribution in [-0.4, -0.2) is 21.9 Å². The Morgan fingerprint density at radius 2 is 1.80 bits per heavy atom.